The summed E-state index contributed by atoms with van der Waals surface area (Å²) in [6, 6.07) is 0.267. The van der Waals surface area contributed by atoms with Crippen LogP contribution in [0.3, 0.4) is 0 Å². The van der Waals surface area contributed by atoms with Gasteiger partial charge in [0, 0.05) is 19.0 Å². The van der Waals surface area contributed by atoms with Crippen LogP contribution in [0.4, 0.5) is 0 Å². The first kappa shape index (κ1) is 14.5. The van der Waals surface area contributed by atoms with Crippen LogP contribution in [0, 0.1) is 5.92 Å². The van der Waals surface area contributed by atoms with Gasteiger partial charge in [0.05, 0.1) is 6.10 Å². The van der Waals surface area contributed by atoms with Crippen molar-refractivity contribution in [2.45, 2.75) is 71.4 Å². The third-order valence-electron chi connectivity index (χ3n) is 3.50. The third-order valence-corrected chi connectivity index (χ3v) is 3.50. The zero-order chi connectivity index (χ0) is 12.8. The van der Waals surface area contributed by atoms with Crippen LogP contribution < -0.4 is 0 Å². The molecular weight excluding hydrogens is 214 g/mol. The van der Waals surface area contributed by atoms with Crippen LogP contribution in [-0.4, -0.2) is 34.6 Å². The van der Waals surface area contributed by atoms with E-state index in [1.807, 2.05) is 11.8 Å². The van der Waals surface area contributed by atoms with Gasteiger partial charge in [-0.15, -0.1) is 0 Å². The Labute approximate surface area is 105 Å². The summed E-state index contributed by atoms with van der Waals surface area (Å²) in [7, 11) is 0. The van der Waals surface area contributed by atoms with Crippen molar-refractivity contribution in [1.82, 2.24) is 4.90 Å². The Bertz CT molecular complexity index is 238. The highest BCUT2D eigenvalue weighted by atomic mass is 16.3. The Kier molecular flexibility index (Phi) is 5.96. The van der Waals surface area contributed by atoms with Crippen LogP contribution in [0.1, 0.15) is 59.3 Å². The molecule has 1 aliphatic rings. The minimum absolute atomic E-state index is 0.267. The molecular formula is C14H27NO2. The number of rotatable bonds is 5. The summed E-state index contributed by atoms with van der Waals surface area (Å²) in [5.74, 6) is 0.864. The fraction of sp³-hybridized carbons (Fsp3) is 0.929. The molecule has 17 heavy (non-hydrogen) atoms. The maximum absolute atomic E-state index is 12.1. The van der Waals surface area contributed by atoms with E-state index in [4.69, 9.17) is 0 Å². The van der Waals surface area contributed by atoms with E-state index in [2.05, 4.69) is 13.8 Å². The van der Waals surface area contributed by atoms with Crippen LogP contribution in [0.15, 0.2) is 0 Å². The fourth-order valence-electron chi connectivity index (χ4n) is 2.52. The minimum Gasteiger partial charge on any atom is -0.393 e. The molecule has 0 aliphatic carbocycles. The van der Waals surface area contributed by atoms with Crippen molar-refractivity contribution in [3.63, 3.8) is 0 Å². The number of piperidine rings is 1. The topological polar surface area (TPSA) is 40.5 Å². The predicted octanol–water partition coefficient (Wildman–Crippen LogP) is 2.57. The van der Waals surface area contributed by atoms with Crippen LogP contribution in [0.5, 0.6) is 0 Å². The molecule has 3 heteroatoms. The van der Waals surface area contributed by atoms with E-state index >= 15 is 0 Å². The predicted molar refractivity (Wildman–Crippen MR) is 69.7 cm³/mol. The van der Waals surface area contributed by atoms with E-state index in [0.717, 1.165) is 32.2 Å². The second-order valence-corrected chi connectivity index (χ2v) is 5.75. The minimum atomic E-state index is -0.307. The summed E-state index contributed by atoms with van der Waals surface area (Å²) in [6.07, 6.45) is 5.41. The number of hydrogen-bond acceptors (Lipinski definition) is 2. The van der Waals surface area contributed by atoms with Crippen molar-refractivity contribution in [1.29, 1.82) is 0 Å². The number of hydrogen-bond donors (Lipinski definition) is 1. The van der Waals surface area contributed by atoms with Gasteiger partial charge < -0.3 is 10.0 Å². The molecule has 1 saturated heterocycles. The summed E-state index contributed by atoms with van der Waals surface area (Å²) in [5.41, 5.74) is 0. The molecule has 1 amide bonds. The summed E-state index contributed by atoms with van der Waals surface area (Å²) < 4.78 is 0. The van der Waals surface area contributed by atoms with Crippen LogP contribution in [0.2, 0.25) is 0 Å². The first-order chi connectivity index (χ1) is 8.00. The van der Waals surface area contributed by atoms with Gasteiger partial charge in [0.25, 0.3) is 0 Å². The third kappa shape index (κ3) is 5.07. The number of aliphatic hydroxyl groups excluding tert-OH is 1. The number of carbonyl (C=O) groups excluding carboxylic acids is 1. The Hall–Kier alpha value is -0.570. The summed E-state index contributed by atoms with van der Waals surface area (Å²) in [4.78, 5) is 14.2. The van der Waals surface area contributed by atoms with Crippen molar-refractivity contribution in [3.05, 3.63) is 0 Å². The molecule has 0 bridgehead atoms. The highest BCUT2D eigenvalue weighted by molar-refractivity contribution is 5.76. The molecule has 2 unspecified atom stereocenters. The molecule has 100 valence electrons. The van der Waals surface area contributed by atoms with Gasteiger partial charge in [0.1, 0.15) is 0 Å². The van der Waals surface area contributed by atoms with Crippen molar-refractivity contribution in [2.75, 3.05) is 6.54 Å². The summed E-state index contributed by atoms with van der Waals surface area (Å²) in [6.45, 7) is 6.99. The quantitative estimate of drug-likeness (QED) is 0.803. The average Bonchev–Trinajstić information content (AvgIpc) is 2.25. The lowest BCUT2D eigenvalue weighted by Crippen LogP contribution is -2.45. The van der Waals surface area contributed by atoms with E-state index in [9.17, 15) is 9.90 Å². The van der Waals surface area contributed by atoms with Gasteiger partial charge in [0.15, 0.2) is 0 Å². The highest BCUT2D eigenvalue weighted by Crippen LogP contribution is 2.22. The fourth-order valence-corrected chi connectivity index (χ4v) is 2.52. The molecule has 0 aromatic carbocycles. The van der Waals surface area contributed by atoms with E-state index in [1.165, 1.54) is 6.42 Å². The molecule has 1 fully saturated rings. The molecule has 0 spiro atoms. The van der Waals surface area contributed by atoms with Crippen LogP contribution in [-0.2, 0) is 4.79 Å². The number of nitrogens with zero attached hydrogens (tertiary/aromatic N) is 1. The van der Waals surface area contributed by atoms with Gasteiger partial charge in [-0.05, 0) is 44.9 Å². The Morgan fingerprint density at radius 2 is 2.06 bits per heavy atom. The van der Waals surface area contributed by atoms with Gasteiger partial charge in [-0.25, -0.2) is 0 Å². The average molecular weight is 241 g/mol. The second kappa shape index (κ2) is 7.00. The molecule has 1 heterocycles. The van der Waals surface area contributed by atoms with Gasteiger partial charge in [-0.2, -0.15) is 0 Å². The highest BCUT2D eigenvalue weighted by Gasteiger charge is 2.27. The smallest absolute Gasteiger partial charge is 0.222 e. The lowest BCUT2D eigenvalue weighted by atomic mass is 9.96. The molecule has 0 radical (unpaired) electrons. The lowest BCUT2D eigenvalue weighted by molar-refractivity contribution is -0.135. The van der Waals surface area contributed by atoms with E-state index in [1.54, 1.807) is 0 Å². The van der Waals surface area contributed by atoms with Crippen molar-refractivity contribution < 1.29 is 9.90 Å². The van der Waals surface area contributed by atoms with Crippen LogP contribution >= 0.6 is 0 Å². The number of carbonyl (C=O) groups is 1. The van der Waals surface area contributed by atoms with Gasteiger partial charge in [-0.3, -0.25) is 4.79 Å². The summed E-state index contributed by atoms with van der Waals surface area (Å²) >= 11 is 0. The van der Waals surface area contributed by atoms with Gasteiger partial charge in [0.2, 0.25) is 5.91 Å². The molecule has 1 aliphatic heterocycles. The number of aliphatic hydroxyl groups is 1. The summed E-state index contributed by atoms with van der Waals surface area (Å²) in [5, 5.41) is 9.48. The SMILES string of the molecule is CC(C)CCC(=O)N1CCCCC1CC(C)O. The van der Waals surface area contributed by atoms with Crippen molar-refractivity contribution in [3.8, 4) is 0 Å². The van der Waals surface area contributed by atoms with Gasteiger partial charge in [-0.1, -0.05) is 13.8 Å². The van der Waals surface area contributed by atoms with Crippen molar-refractivity contribution in [2.24, 2.45) is 5.92 Å². The molecule has 3 nitrogen and oxygen atoms in total. The number of amides is 1. The second-order valence-electron chi connectivity index (χ2n) is 5.75. The maximum Gasteiger partial charge on any atom is 0.222 e. The normalized spacial score (nSPS) is 22.9. The first-order valence-corrected chi connectivity index (χ1v) is 6.98. The molecule has 0 aromatic heterocycles. The van der Waals surface area contributed by atoms with E-state index in [-0.39, 0.29) is 18.1 Å². The molecule has 0 aromatic rings. The first-order valence-electron chi connectivity index (χ1n) is 6.98. The zero-order valence-corrected chi connectivity index (χ0v) is 11.5. The standard InChI is InChI=1S/C14H27NO2/c1-11(2)7-8-14(17)15-9-5-4-6-13(15)10-12(3)16/h11-13,16H,4-10H2,1-3H3. The van der Waals surface area contributed by atoms with Crippen molar-refractivity contribution >= 4 is 5.91 Å². The Balaban J connectivity index is 2.48. The van der Waals surface area contributed by atoms with Gasteiger partial charge >= 0.3 is 0 Å². The molecule has 2 atom stereocenters. The van der Waals surface area contributed by atoms with E-state index in [0.29, 0.717) is 12.3 Å². The Morgan fingerprint density at radius 1 is 1.35 bits per heavy atom. The number of likely N-dealkylation sites (tertiary alicyclic amines) is 1. The van der Waals surface area contributed by atoms with E-state index < -0.39 is 0 Å². The largest absolute Gasteiger partial charge is 0.393 e. The Morgan fingerprint density at radius 3 is 2.65 bits per heavy atom. The lowest BCUT2D eigenvalue weighted by Gasteiger charge is -2.36. The molecule has 1 rings (SSSR count). The molecule has 0 saturated carbocycles. The molecule has 1 N–H and O–H groups in total. The maximum atomic E-state index is 12.1. The monoisotopic (exact) mass is 241 g/mol. The zero-order valence-electron chi connectivity index (χ0n) is 11.5. The van der Waals surface area contributed by atoms with Crippen LogP contribution in [0.25, 0.3) is 0 Å².